The average molecular weight is 356 g/mol. The zero-order valence-corrected chi connectivity index (χ0v) is 14.8. The molecule has 2 amide bonds. The van der Waals surface area contributed by atoms with E-state index in [2.05, 4.69) is 17.4 Å². The lowest BCUT2D eigenvalue weighted by molar-refractivity contribution is -0.133. The molecule has 0 atom stereocenters. The van der Waals surface area contributed by atoms with Gasteiger partial charge in [0.1, 0.15) is 5.75 Å². The zero-order valence-electron chi connectivity index (χ0n) is 14.0. The standard InChI is InChI=1S/C17H25N3O3.ClH/c1-23-15-4-2-13(3-5-15)10-14-6-8-20(9-7-14)17(22)12-19-16(21)11-18;/h2-5,14H,6-12,18H2,1H3,(H,19,21);1H. The molecular weight excluding hydrogens is 330 g/mol. The van der Waals surface area contributed by atoms with Gasteiger partial charge in [0.25, 0.3) is 0 Å². The van der Waals surface area contributed by atoms with Crippen LogP contribution >= 0.6 is 12.4 Å². The van der Waals surface area contributed by atoms with Crippen LogP contribution in [0.5, 0.6) is 5.75 Å². The first-order valence-corrected chi connectivity index (χ1v) is 8.00. The third-order valence-corrected chi connectivity index (χ3v) is 4.27. The lowest BCUT2D eigenvalue weighted by Crippen LogP contribution is -2.45. The van der Waals surface area contributed by atoms with Gasteiger partial charge in [0.2, 0.25) is 11.8 Å². The molecular formula is C17H26ClN3O3. The number of amides is 2. The van der Waals surface area contributed by atoms with Crippen LogP contribution in [0.1, 0.15) is 18.4 Å². The number of halogens is 1. The molecule has 1 fully saturated rings. The van der Waals surface area contributed by atoms with Crippen molar-refractivity contribution in [2.24, 2.45) is 11.7 Å². The SMILES string of the molecule is COc1ccc(CC2CCN(C(=O)CNC(=O)CN)CC2)cc1.Cl. The maximum atomic E-state index is 12.0. The number of carbonyl (C=O) groups is 2. The molecule has 0 radical (unpaired) electrons. The normalized spacial score (nSPS) is 14.7. The topological polar surface area (TPSA) is 84.7 Å². The van der Waals surface area contributed by atoms with Crippen molar-refractivity contribution in [1.29, 1.82) is 0 Å². The molecule has 1 aromatic carbocycles. The molecule has 1 aliphatic heterocycles. The smallest absolute Gasteiger partial charge is 0.241 e. The number of ether oxygens (including phenoxy) is 1. The first-order chi connectivity index (χ1) is 11.1. The zero-order chi connectivity index (χ0) is 16.7. The summed E-state index contributed by atoms with van der Waals surface area (Å²) in [5, 5.41) is 2.52. The molecule has 0 aliphatic carbocycles. The Bertz CT molecular complexity index is 528. The molecule has 0 saturated carbocycles. The van der Waals surface area contributed by atoms with Gasteiger partial charge < -0.3 is 20.7 Å². The van der Waals surface area contributed by atoms with E-state index in [1.807, 2.05) is 17.0 Å². The van der Waals surface area contributed by atoms with Crippen molar-refractivity contribution in [3.05, 3.63) is 29.8 Å². The molecule has 6 nitrogen and oxygen atoms in total. The minimum atomic E-state index is -0.298. The highest BCUT2D eigenvalue weighted by atomic mass is 35.5. The van der Waals surface area contributed by atoms with Crippen LogP contribution in [-0.2, 0) is 16.0 Å². The second-order valence-corrected chi connectivity index (χ2v) is 5.86. The van der Waals surface area contributed by atoms with Gasteiger partial charge >= 0.3 is 0 Å². The number of likely N-dealkylation sites (tertiary alicyclic amines) is 1. The highest BCUT2D eigenvalue weighted by Crippen LogP contribution is 2.22. The molecule has 0 unspecified atom stereocenters. The average Bonchev–Trinajstić information content (AvgIpc) is 2.60. The fourth-order valence-corrected chi connectivity index (χ4v) is 2.84. The Labute approximate surface area is 149 Å². The summed E-state index contributed by atoms with van der Waals surface area (Å²) >= 11 is 0. The number of piperidine rings is 1. The van der Waals surface area contributed by atoms with Gasteiger partial charge in [-0.25, -0.2) is 0 Å². The van der Waals surface area contributed by atoms with Gasteiger partial charge in [0.15, 0.2) is 0 Å². The Morgan fingerprint density at radius 3 is 2.42 bits per heavy atom. The maximum Gasteiger partial charge on any atom is 0.241 e. The van der Waals surface area contributed by atoms with Gasteiger partial charge in [-0.1, -0.05) is 12.1 Å². The van der Waals surface area contributed by atoms with E-state index in [4.69, 9.17) is 10.5 Å². The van der Waals surface area contributed by atoms with Crippen molar-refractivity contribution in [3.63, 3.8) is 0 Å². The predicted octanol–water partition coefficient (Wildman–Crippen LogP) is 0.973. The van der Waals surface area contributed by atoms with Crippen molar-refractivity contribution in [2.45, 2.75) is 19.3 Å². The summed E-state index contributed by atoms with van der Waals surface area (Å²) in [7, 11) is 1.66. The van der Waals surface area contributed by atoms with Gasteiger partial charge in [0.05, 0.1) is 20.2 Å². The van der Waals surface area contributed by atoms with Gasteiger partial charge in [-0.05, 0) is 42.9 Å². The molecule has 0 bridgehead atoms. The van der Waals surface area contributed by atoms with E-state index in [-0.39, 0.29) is 37.3 Å². The molecule has 24 heavy (non-hydrogen) atoms. The molecule has 2 rings (SSSR count). The first-order valence-electron chi connectivity index (χ1n) is 8.00. The van der Waals surface area contributed by atoms with Crippen LogP contribution in [-0.4, -0.2) is 50.0 Å². The van der Waals surface area contributed by atoms with E-state index >= 15 is 0 Å². The van der Waals surface area contributed by atoms with E-state index in [0.717, 1.165) is 38.1 Å². The van der Waals surface area contributed by atoms with Gasteiger partial charge in [-0.2, -0.15) is 0 Å². The Morgan fingerprint density at radius 2 is 1.88 bits per heavy atom. The quantitative estimate of drug-likeness (QED) is 0.796. The van der Waals surface area contributed by atoms with Crippen molar-refractivity contribution in [3.8, 4) is 5.75 Å². The van der Waals surface area contributed by atoms with Crippen LogP contribution in [0.15, 0.2) is 24.3 Å². The van der Waals surface area contributed by atoms with Crippen molar-refractivity contribution >= 4 is 24.2 Å². The molecule has 3 N–H and O–H groups in total. The summed E-state index contributed by atoms with van der Waals surface area (Å²) in [4.78, 5) is 24.9. The summed E-state index contributed by atoms with van der Waals surface area (Å²) < 4.78 is 5.17. The van der Waals surface area contributed by atoms with Crippen LogP contribution in [0.4, 0.5) is 0 Å². The number of hydrogen-bond donors (Lipinski definition) is 2. The van der Waals surface area contributed by atoms with E-state index in [0.29, 0.717) is 5.92 Å². The third kappa shape index (κ3) is 6.02. The summed E-state index contributed by atoms with van der Waals surface area (Å²) in [5.74, 6) is 1.13. The van der Waals surface area contributed by atoms with Crippen LogP contribution in [0.3, 0.4) is 0 Å². The Balaban J connectivity index is 0.00000288. The van der Waals surface area contributed by atoms with Crippen LogP contribution in [0.2, 0.25) is 0 Å². The number of nitrogens with two attached hydrogens (primary N) is 1. The van der Waals surface area contributed by atoms with Gasteiger partial charge in [-0.3, -0.25) is 9.59 Å². The van der Waals surface area contributed by atoms with E-state index in [9.17, 15) is 9.59 Å². The molecule has 1 aliphatic rings. The maximum absolute atomic E-state index is 12.0. The van der Waals surface area contributed by atoms with Gasteiger partial charge in [-0.15, -0.1) is 12.4 Å². The number of methoxy groups -OCH3 is 1. The summed E-state index contributed by atoms with van der Waals surface area (Å²) in [6.45, 7) is 1.45. The van der Waals surface area contributed by atoms with Gasteiger partial charge in [0, 0.05) is 13.1 Å². The first kappa shape index (κ1) is 20.3. The second kappa shape index (κ2) is 10.2. The lowest BCUT2D eigenvalue weighted by Gasteiger charge is -2.32. The Morgan fingerprint density at radius 1 is 1.25 bits per heavy atom. The van der Waals surface area contributed by atoms with Crippen molar-refractivity contribution < 1.29 is 14.3 Å². The van der Waals surface area contributed by atoms with E-state index < -0.39 is 0 Å². The van der Waals surface area contributed by atoms with Crippen LogP contribution in [0, 0.1) is 5.92 Å². The predicted molar refractivity (Wildman–Crippen MR) is 95.3 cm³/mol. The summed E-state index contributed by atoms with van der Waals surface area (Å²) in [6, 6.07) is 8.15. The van der Waals surface area contributed by atoms with Crippen molar-refractivity contribution in [1.82, 2.24) is 10.2 Å². The number of rotatable bonds is 6. The highest BCUT2D eigenvalue weighted by Gasteiger charge is 2.23. The lowest BCUT2D eigenvalue weighted by atomic mass is 9.90. The molecule has 0 spiro atoms. The molecule has 134 valence electrons. The molecule has 1 heterocycles. The number of benzene rings is 1. The summed E-state index contributed by atoms with van der Waals surface area (Å²) in [5.41, 5.74) is 6.50. The second-order valence-electron chi connectivity index (χ2n) is 5.86. The number of nitrogens with zero attached hydrogens (tertiary/aromatic N) is 1. The largest absolute Gasteiger partial charge is 0.497 e. The molecule has 1 saturated heterocycles. The number of nitrogens with one attached hydrogen (secondary N) is 1. The van der Waals surface area contributed by atoms with Crippen LogP contribution < -0.4 is 15.8 Å². The van der Waals surface area contributed by atoms with Crippen molar-refractivity contribution in [2.75, 3.05) is 33.3 Å². The molecule has 0 aromatic heterocycles. The summed E-state index contributed by atoms with van der Waals surface area (Å²) in [6.07, 6.45) is 3.00. The monoisotopic (exact) mass is 355 g/mol. The molecule has 1 aromatic rings. The number of hydrogen-bond acceptors (Lipinski definition) is 4. The van der Waals surface area contributed by atoms with Crippen LogP contribution in [0.25, 0.3) is 0 Å². The van der Waals surface area contributed by atoms with E-state index in [1.54, 1.807) is 7.11 Å². The molecule has 7 heteroatoms. The number of carbonyl (C=O) groups excluding carboxylic acids is 2. The Hall–Kier alpha value is -1.79. The third-order valence-electron chi connectivity index (χ3n) is 4.27. The fraction of sp³-hybridized carbons (Fsp3) is 0.529. The minimum Gasteiger partial charge on any atom is -0.497 e. The van der Waals surface area contributed by atoms with E-state index in [1.165, 1.54) is 5.56 Å². The minimum absolute atomic E-state index is 0. The Kier molecular flexibility index (Phi) is 8.57. The highest BCUT2D eigenvalue weighted by molar-refractivity contribution is 5.85. The fourth-order valence-electron chi connectivity index (χ4n) is 2.84.